The number of carbonyl (C=O) groups is 1. The van der Waals surface area contributed by atoms with E-state index in [1.54, 1.807) is 21.3 Å². The van der Waals surface area contributed by atoms with E-state index >= 15 is 0 Å². The van der Waals surface area contributed by atoms with Crippen molar-refractivity contribution >= 4 is 11.6 Å². The average molecular weight is 414 g/mol. The molecule has 7 nitrogen and oxygen atoms in total. The van der Waals surface area contributed by atoms with Crippen LogP contribution in [0.2, 0.25) is 0 Å². The second-order valence-electron chi connectivity index (χ2n) is 7.36. The summed E-state index contributed by atoms with van der Waals surface area (Å²) >= 11 is 0. The predicted octanol–water partition coefficient (Wildman–Crippen LogP) is 2.71. The molecule has 0 saturated carbocycles. The van der Waals surface area contributed by atoms with E-state index in [0.29, 0.717) is 6.54 Å². The number of benzene rings is 2. The minimum Gasteiger partial charge on any atom is -0.497 e. The molecule has 0 bridgehead atoms. The van der Waals surface area contributed by atoms with Gasteiger partial charge in [0.25, 0.3) is 0 Å². The van der Waals surface area contributed by atoms with Crippen LogP contribution in [0.25, 0.3) is 0 Å². The van der Waals surface area contributed by atoms with Crippen molar-refractivity contribution in [1.29, 1.82) is 0 Å². The van der Waals surface area contributed by atoms with Crippen LogP contribution in [-0.2, 0) is 4.79 Å². The lowest BCUT2D eigenvalue weighted by molar-refractivity contribution is -0.123. The van der Waals surface area contributed by atoms with Gasteiger partial charge >= 0.3 is 0 Å². The van der Waals surface area contributed by atoms with E-state index in [1.165, 1.54) is 5.69 Å². The first-order chi connectivity index (χ1) is 14.5. The third-order valence-corrected chi connectivity index (χ3v) is 5.46. The molecule has 30 heavy (non-hydrogen) atoms. The molecule has 0 aliphatic carbocycles. The minimum atomic E-state index is -0.178. The first kappa shape index (κ1) is 21.8. The van der Waals surface area contributed by atoms with Gasteiger partial charge in [0.15, 0.2) is 0 Å². The largest absolute Gasteiger partial charge is 0.497 e. The Kier molecular flexibility index (Phi) is 7.41. The van der Waals surface area contributed by atoms with Gasteiger partial charge in [-0.2, -0.15) is 0 Å². The molecule has 0 aromatic heterocycles. The molecular weight excluding hydrogens is 382 g/mol. The Morgan fingerprint density at radius 3 is 2.17 bits per heavy atom. The zero-order valence-electron chi connectivity index (χ0n) is 18.2. The van der Waals surface area contributed by atoms with Crippen molar-refractivity contribution in [3.05, 3.63) is 48.0 Å². The van der Waals surface area contributed by atoms with Gasteiger partial charge in [-0.1, -0.05) is 0 Å². The van der Waals surface area contributed by atoms with Crippen LogP contribution >= 0.6 is 0 Å². The van der Waals surface area contributed by atoms with E-state index in [4.69, 9.17) is 14.2 Å². The Hall–Kier alpha value is -2.93. The Labute approximate surface area is 178 Å². The van der Waals surface area contributed by atoms with Gasteiger partial charge in [-0.05, 0) is 49.4 Å². The fourth-order valence-electron chi connectivity index (χ4n) is 3.70. The zero-order valence-corrected chi connectivity index (χ0v) is 18.2. The highest BCUT2D eigenvalue weighted by molar-refractivity contribution is 5.78. The van der Waals surface area contributed by atoms with Gasteiger partial charge in [-0.15, -0.1) is 0 Å². The lowest BCUT2D eigenvalue weighted by Gasteiger charge is -2.36. The SMILES string of the molecule is COc1ccc(N2CCN(CC(=O)N[C@@H](C)c3cc(OC)ccc3OC)CC2)cc1. The van der Waals surface area contributed by atoms with Crippen LogP contribution in [0, 0.1) is 0 Å². The van der Waals surface area contributed by atoms with E-state index in [2.05, 4.69) is 27.2 Å². The number of nitrogens with zero attached hydrogens (tertiary/aromatic N) is 2. The summed E-state index contributed by atoms with van der Waals surface area (Å²) in [5, 5.41) is 3.08. The smallest absolute Gasteiger partial charge is 0.234 e. The Balaban J connectivity index is 1.51. The Bertz CT molecular complexity index is 833. The summed E-state index contributed by atoms with van der Waals surface area (Å²) in [6.07, 6.45) is 0. The fourth-order valence-corrected chi connectivity index (χ4v) is 3.70. The molecule has 3 rings (SSSR count). The summed E-state index contributed by atoms with van der Waals surface area (Å²) in [4.78, 5) is 17.1. The maximum Gasteiger partial charge on any atom is 0.234 e. The van der Waals surface area contributed by atoms with E-state index in [0.717, 1.165) is 49.0 Å². The van der Waals surface area contributed by atoms with Crippen molar-refractivity contribution in [3.8, 4) is 17.2 Å². The van der Waals surface area contributed by atoms with Crippen LogP contribution in [0.1, 0.15) is 18.5 Å². The number of amides is 1. The molecule has 1 N–H and O–H groups in total. The van der Waals surface area contributed by atoms with E-state index < -0.39 is 0 Å². The first-order valence-electron chi connectivity index (χ1n) is 10.2. The lowest BCUT2D eigenvalue weighted by Crippen LogP contribution is -2.49. The highest BCUT2D eigenvalue weighted by Gasteiger charge is 2.21. The van der Waals surface area contributed by atoms with Gasteiger partial charge in [0.2, 0.25) is 5.91 Å². The van der Waals surface area contributed by atoms with E-state index in [1.807, 2.05) is 37.3 Å². The van der Waals surface area contributed by atoms with Crippen LogP contribution in [0.15, 0.2) is 42.5 Å². The van der Waals surface area contributed by atoms with Crippen molar-refractivity contribution < 1.29 is 19.0 Å². The van der Waals surface area contributed by atoms with Gasteiger partial charge in [-0.25, -0.2) is 0 Å². The van der Waals surface area contributed by atoms with Gasteiger partial charge in [-0.3, -0.25) is 9.69 Å². The standard InChI is InChI=1S/C23H31N3O4/c1-17(21-15-20(29-3)9-10-22(21)30-4)24-23(27)16-25-11-13-26(14-12-25)18-5-7-19(28-2)8-6-18/h5-10,15,17H,11-14,16H2,1-4H3,(H,24,27)/t17-/m0/s1. The van der Waals surface area contributed by atoms with Crippen molar-refractivity contribution in [2.75, 3.05) is 59.0 Å². The van der Waals surface area contributed by atoms with Crippen LogP contribution in [0.3, 0.4) is 0 Å². The molecule has 7 heteroatoms. The van der Waals surface area contributed by atoms with Crippen molar-refractivity contribution in [2.45, 2.75) is 13.0 Å². The molecule has 2 aromatic carbocycles. The number of anilines is 1. The van der Waals surface area contributed by atoms with Crippen LogP contribution < -0.4 is 24.4 Å². The second kappa shape index (κ2) is 10.2. The van der Waals surface area contributed by atoms with E-state index in [-0.39, 0.29) is 11.9 Å². The van der Waals surface area contributed by atoms with Crippen molar-refractivity contribution in [2.24, 2.45) is 0 Å². The first-order valence-corrected chi connectivity index (χ1v) is 10.2. The molecule has 0 spiro atoms. The summed E-state index contributed by atoms with van der Waals surface area (Å²) in [5.41, 5.74) is 2.08. The van der Waals surface area contributed by atoms with Gasteiger partial charge in [0.05, 0.1) is 33.9 Å². The second-order valence-corrected chi connectivity index (χ2v) is 7.36. The quantitative estimate of drug-likeness (QED) is 0.718. The number of ether oxygens (including phenoxy) is 3. The summed E-state index contributed by atoms with van der Waals surface area (Å²) in [6.45, 7) is 5.80. The molecule has 0 radical (unpaired) electrons. The molecule has 1 fully saturated rings. The number of hydrogen-bond donors (Lipinski definition) is 1. The van der Waals surface area contributed by atoms with Crippen molar-refractivity contribution in [1.82, 2.24) is 10.2 Å². The highest BCUT2D eigenvalue weighted by atomic mass is 16.5. The van der Waals surface area contributed by atoms with Gasteiger partial charge < -0.3 is 24.4 Å². The van der Waals surface area contributed by atoms with Gasteiger partial charge in [0.1, 0.15) is 17.2 Å². The topological polar surface area (TPSA) is 63.3 Å². The molecular formula is C23H31N3O4. The molecule has 1 saturated heterocycles. The summed E-state index contributed by atoms with van der Waals surface area (Å²) < 4.78 is 16.0. The number of carbonyl (C=O) groups excluding carboxylic acids is 1. The number of nitrogens with one attached hydrogen (secondary N) is 1. The number of piperazine rings is 1. The number of hydrogen-bond acceptors (Lipinski definition) is 6. The van der Waals surface area contributed by atoms with Crippen LogP contribution in [0.4, 0.5) is 5.69 Å². The molecule has 1 aliphatic heterocycles. The van der Waals surface area contributed by atoms with E-state index in [9.17, 15) is 4.79 Å². The van der Waals surface area contributed by atoms with Gasteiger partial charge in [0, 0.05) is 37.4 Å². The minimum absolute atomic E-state index is 0.00488. The maximum absolute atomic E-state index is 12.6. The Morgan fingerprint density at radius 1 is 0.933 bits per heavy atom. The molecule has 1 amide bonds. The maximum atomic E-state index is 12.6. The van der Waals surface area contributed by atoms with Crippen molar-refractivity contribution in [3.63, 3.8) is 0 Å². The fraction of sp³-hybridized carbons (Fsp3) is 0.435. The Morgan fingerprint density at radius 2 is 1.57 bits per heavy atom. The lowest BCUT2D eigenvalue weighted by atomic mass is 10.1. The van der Waals surface area contributed by atoms with Crippen LogP contribution in [-0.4, -0.2) is 64.9 Å². The average Bonchev–Trinajstić information content (AvgIpc) is 2.79. The molecule has 1 atom stereocenters. The zero-order chi connectivity index (χ0) is 21.5. The molecule has 162 valence electrons. The highest BCUT2D eigenvalue weighted by Crippen LogP contribution is 2.29. The third-order valence-electron chi connectivity index (χ3n) is 5.46. The normalized spacial score (nSPS) is 15.4. The summed E-state index contributed by atoms with van der Waals surface area (Å²) in [5.74, 6) is 2.33. The summed E-state index contributed by atoms with van der Waals surface area (Å²) in [7, 11) is 4.92. The summed E-state index contributed by atoms with van der Waals surface area (Å²) in [6, 6.07) is 13.5. The van der Waals surface area contributed by atoms with Crippen LogP contribution in [0.5, 0.6) is 17.2 Å². The third kappa shape index (κ3) is 5.36. The molecule has 0 unspecified atom stereocenters. The molecule has 1 heterocycles. The molecule has 1 aliphatic rings. The number of methoxy groups -OCH3 is 3. The number of rotatable bonds is 8. The molecule has 2 aromatic rings. The predicted molar refractivity (Wildman–Crippen MR) is 118 cm³/mol. The monoisotopic (exact) mass is 413 g/mol.